The summed E-state index contributed by atoms with van der Waals surface area (Å²) in [5, 5.41) is 2.70. The lowest BCUT2D eigenvalue weighted by atomic mass is 10.1. The zero-order valence-electron chi connectivity index (χ0n) is 12.1. The van der Waals surface area contributed by atoms with Gasteiger partial charge in [-0.1, -0.05) is 37.3 Å². The van der Waals surface area contributed by atoms with Crippen molar-refractivity contribution >= 4 is 5.95 Å². The minimum Gasteiger partial charge on any atom is -0.351 e. The molecule has 0 saturated carbocycles. The van der Waals surface area contributed by atoms with E-state index in [2.05, 4.69) is 21.9 Å². The van der Waals surface area contributed by atoms with Crippen LogP contribution in [-0.4, -0.2) is 16.5 Å². The van der Waals surface area contributed by atoms with Gasteiger partial charge in [0, 0.05) is 12.1 Å². The molecule has 1 N–H and O–H groups in total. The van der Waals surface area contributed by atoms with Crippen LogP contribution < -0.4 is 5.32 Å². The van der Waals surface area contributed by atoms with Gasteiger partial charge in [-0.25, -0.2) is 9.97 Å². The molecule has 1 aromatic heterocycles. The fraction of sp³-hybridized carbons (Fsp3) is 0.250. The smallest absolute Gasteiger partial charge is 0.351 e. The van der Waals surface area contributed by atoms with Crippen molar-refractivity contribution in [2.75, 3.05) is 11.9 Å². The molecule has 116 valence electrons. The SMILES string of the molecule is C=CCNc1nc(-c2ccc(CC)cc2)cc(C(F)(F)F)n1. The molecule has 0 amide bonds. The number of aromatic nitrogens is 2. The highest BCUT2D eigenvalue weighted by molar-refractivity contribution is 5.61. The molecular formula is C16H16F3N3. The van der Waals surface area contributed by atoms with Crippen molar-refractivity contribution in [1.29, 1.82) is 0 Å². The quantitative estimate of drug-likeness (QED) is 0.836. The molecule has 6 heteroatoms. The molecule has 0 aliphatic carbocycles. The average molecular weight is 307 g/mol. The van der Waals surface area contributed by atoms with Crippen molar-refractivity contribution in [2.24, 2.45) is 0 Å². The molecule has 0 saturated heterocycles. The largest absolute Gasteiger partial charge is 0.433 e. The van der Waals surface area contributed by atoms with Crippen LogP contribution in [0.4, 0.5) is 19.1 Å². The van der Waals surface area contributed by atoms with Gasteiger partial charge in [0.05, 0.1) is 5.69 Å². The number of anilines is 1. The van der Waals surface area contributed by atoms with Gasteiger partial charge in [-0.05, 0) is 18.1 Å². The first-order valence-electron chi connectivity index (χ1n) is 6.84. The standard InChI is InChI=1S/C16H16F3N3/c1-3-9-20-15-21-13(10-14(22-15)16(17,18)19)12-7-5-11(4-2)6-8-12/h3,5-8,10H,1,4,9H2,2H3,(H,20,21,22). The number of rotatable bonds is 5. The molecule has 0 fully saturated rings. The third kappa shape index (κ3) is 3.84. The summed E-state index contributed by atoms with van der Waals surface area (Å²) in [6, 6.07) is 8.24. The Labute approximate surface area is 126 Å². The fourth-order valence-electron chi connectivity index (χ4n) is 1.89. The van der Waals surface area contributed by atoms with Gasteiger partial charge in [-0.15, -0.1) is 6.58 Å². The monoisotopic (exact) mass is 307 g/mol. The summed E-state index contributed by atoms with van der Waals surface area (Å²) in [4.78, 5) is 7.65. The Kier molecular flexibility index (Phi) is 4.80. The molecule has 22 heavy (non-hydrogen) atoms. The van der Waals surface area contributed by atoms with Gasteiger partial charge in [0.2, 0.25) is 5.95 Å². The molecule has 0 spiro atoms. The lowest BCUT2D eigenvalue weighted by Gasteiger charge is -2.11. The predicted molar refractivity (Wildman–Crippen MR) is 80.5 cm³/mol. The van der Waals surface area contributed by atoms with Gasteiger partial charge in [-0.3, -0.25) is 0 Å². The van der Waals surface area contributed by atoms with Crippen LogP contribution in [0.5, 0.6) is 0 Å². The molecule has 2 rings (SSSR count). The summed E-state index contributed by atoms with van der Waals surface area (Å²) in [6.07, 6.45) is -2.13. The maximum absolute atomic E-state index is 13.0. The molecule has 1 aromatic carbocycles. The topological polar surface area (TPSA) is 37.8 Å². The van der Waals surface area contributed by atoms with E-state index in [4.69, 9.17) is 0 Å². The number of nitrogens with one attached hydrogen (secondary N) is 1. The van der Waals surface area contributed by atoms with Gasteiger partial charge in [0.1, 0.15) is 0 Å². The number of hydrogen-bond acceptors (Lipinski definition) is 3. The van der Waals surface area contributed by atoms with Crippen molar-refractivity contribution in [3.05, 3.63) is 54.2 Å². The minimum absolute atomic E-state index is 0.0655. The van der Waals surface area contributed by atoms with E-state index in [1.807, 2.05) is 19.1 Å². The number of alkyl halides is 3. The highest BCUT2D eigenvalue weighted by atomic mass is 19.4. The van der Waals surface area contributed by atoms with Crippen LogP contribution >= 0.6 is 0 Å². The van der Waals surface area contributed by atoms with Gasteiger partial charge in [0.25, 0.3) is 0 Å². The molecule has 3 nitrogen and oxygen atoms in total. The van der Waals surface area contributed by atoms with Crippen molar-refractivity contribution < 1.29 is 13.2 Å². The number of nitrogens with zero attached hydrogens (tertiary/aromatic N) is 2. The summed E-state index contributed by atoms with van der Waals surface area (Å²) in [5.41, 5.74) is 0.991. The Bertz CT molecular complexity index is 649. The Hall–Kier alpha value is -2.37. The highest BCUT2D eigenvalue weighted by Gasteiger charge is 2.33. The van der Waals surface area contributed by atoms with Crippen molar-refractivity contribution in [3.8, 4) is 11.3 Å². The van der Waals surface area contributed by atoms with Crippen LogP contribution in [-0.2, 0) is 12.6 Å². The molecule has 0 aliphatic rings. The zero-order valence-corrected chi connectivity index (χ0v) is 12.1. The van der Waals surface area contributed by atoms with Crippen LogP contribution in [0.15, 0.2) is 43.0 Å². The first-order chi connectivity index (χ1) is 10.4. The normalized spacial score (nSPS) is 11.3. The lowest BCUT2D eigenvalue weighted by molar-refractivity contribution is -0.141. The second-order valence-corrected chi connectivity index (χ2v) is 4.68. The van der Waals surface area contributed by atoms with Crippen molar-refractivity contribution in [3.63, 3.8) is 0 Å². The van der Waals surface area contributed by atoms with E-state index in [-0.39, 0.29) is 18.2 Å². The number of aryl methyl sites for hydroxylation is 1. The number of benzene rings is 1. The van der Waals surface area contributed by atoms with Gasteiger partial charge in [0.15, 0.2) is 5.69 Å². The molecule has 0 radical (unpaired) electrons. The summed E-state index contributed by atoms with van der Waals surface area (Å²) in [6.45, 7) is 5.81. The van der Waals surface area contributed by atoms with Crippen LogP contribution in [0.1, 0.15) is 18.2 Å². The first-order valence-corrected chi connectivity index (χ1v) is 6.84. The van der Waals surface area contributed by atoms with Gasteiger partial charge >= 0.3 is 6.18 Å². The Balaban J connectivity index is 2.45. The molecule has 0 atom stereocenters. The summed E-state index contributed by atoms with van der Waals surface area (Å²) in [7, 11) is 0. The molecule has 2 aromatic rings. The number of hydrogen-bond donors (Lipinski definition) is 1. The van der Waals surface area contributed by atoms with Crippen LogP contribution in [0, 0.1) is 0 Å². The Morgan fingerprint density at radius 1 is 1.18 bits per heavy atom. The van der Waals surface area contributed by atoms with E-state index >= 15 is 0 Å². The second-order valence-electron chi connectivity index (χ2n) is 4.68. The maximum atomic E-state index is 13.0. The third-order valence-electron chi connectivity index (χ3n) is 3.08. The van der Waals surface area contributed by atoms with Crippen LogP contribution in [0.2, 0.25) is 0 Å². The Morgan fingerprint density at radius 3 is 2.41 bits per heavy atom. The van der Waals surface area contributed by atoms with E-state index in [1.165, 1.54) is 6.08 Å². The van der Waals surface area contributed by atoms with E-state index in [9.17, 15) is 13.2 Å². The van der Waals surface area contributed by atoms with Gasteiger partial charge in [-0.2, -0.15) is 13.2 Å². The molecule has 0 aliphatic heterocycles. The first kappa shape index (κ1) is 16.0. The molecule has 0 unspecified atom stereocenters. The van der Waals surface area contributed by atoms with Crippen LogP contribution in [0.3, 0.4) is 0 Å². The van der Waals surface area contributed by atoms with E-state index < -0.39 is 11.9 Å². The van der Waals surface area contributed by atoms with Crippen LogP contribution in [0.25, 0.3) is 11.3 Å². The van der Waals surface area contributed by atoms with E-state index in [0.29, 0.717) is 5.56 Å². The molecular weight excluding hydrogens is 291 g/mol. The third-order valence-corrected chi connectivity index (χ3v) is 3.08. The lowest BCUT2D eigenvalue weighted by Crippen LogP contribution is -2.12. The maximum Gasteiger partial charge on any atom is 0.433 e. The summed E-state index contributed by atoms with van der Waals surface area (Å²) in [5.74, 6) is -0.0655. The minimum atomic E-state index is -4.52. The average Bonchev–Trinajstić information content (AvgIpc) is 2.52. The van der Waals surface area contributed by atoms with E-state index in [1.54, 1.807) is 12.1 Å². The van der Waals surface area contributed by atoms with Crippen molar-refractivity contribution in [2.45, 2.75) is 19.5 Å². The molecule has 1 heterocycles. The molecule has 0 bridgehead atoms. The van der Waals surface area contributed by atoms with Gasteiger partial charge < -0.3 is 5.32 Å². The second kappa shape index (κ2) is 6.60. The highest BCUT2D eigenvalue weighted by Crippen LogP contribution is 2.31. The zero-order chi connectivity index (χ0) is 16.2. The van der Waals surface area contributed by atoms with Crippen molar-refractivity contribution in [1.82, 2.24) is 9.97 Å². The summed E-state index contributed by atoms with van der Waals surface area (Å²) >= 11 is 0. The van der Waals surface area contributed by atoms with E-state index in [0.717, 1.165) is 18.1 Å². The predicted octanol–water partition coefficient (Wildman–Crippen LogP) is 4.32. The Morgan fingerprint density at radius 2 is 1.86 bits per heavy atom. The summed E-state index contributed by atoms with van der Waals surface area (Å²) < 4.78 is 38.9. The fourth-order valence-corrected chi connectivity index (χ4v) is 1.89. The number of halogens is 3.